The Balaban J connectivity index is 2.13. The third kappa shape index (κ3) is 1.55. The fourth-order valence-corrected chi connectivity index (χ4v) is 1.99. The van der Waals surface area contributed by atoms with Crippen LogP contribution >= 0.6 is 0 Å². The zero-order valence-electron chi connectivity index (χ0n) is 8.52. The second-order valence-electron chi connectivity index (χ2n) is 3.82. The topological polar surface area (TPSA) is 69.7 Å². The standard InChI is InChI=1S/C9H13N3O3/c1-11-4-2-6(8(11)14)12-5-3-10-7(13)9(12)15/h6H,2-5H2,1H3,(H,10,13). The number of hydrogen-bond acceptors (Lipinski definition) is 3. The minimum atomic E-state index is -0.608. The molecule has 0 saturated carbocycles. The molecule has 2 saturated heterocycles. The number of likely N-dealkylation sites (tertiary alicyclic amines) is 1. The van der Waals surface area contributed by atoms with Gasteiger partial charge in [0.1, 0.15) is 6.04 Å². The lowest BCUT2D eigenvalue weighted by Gasteiger charge is -2.30. The predicted molar refractivity (Wildman–Crippen MR) is 50.8 cm³/mol. The zero-order chi connectivity index (χ0) is 11.0. The summed E-state index contributed by atoms with van der Waals surface area (Å²) in [5.74, 6) is -1.27. The summed E-state index contributed by atoms with van der Waals surface area (Å²) in [6, 6.07) is -0.437. The Kier molecular flexibility index (Phi) is 2.34. The van der Waals surface area contributed by atoms with Gasteiger partial charge in [0.25, 0.3) is 0 Å². The van der Waals surface area contributed by atoms with E-state index in [-0.39, 0.29) is 5.91 Å². The van der Waals surface area contributed by atoms with Gasteiger partial charge in [-0.2, -0.15) is 0 Å². The van der Waals surface area contributed by atoms with Crippen molar-refractivity contribution in [2.24, 2.45) is 0 Å². The van der Waals surface area contributed by atoms with Gasteiger partial charge in [0, 0.05) is 26.7 Å². The van der Waals surface area contributed by atoms with Crippen molar-refractivity contribution in [2.75, 3.05) is 26.7 Å². The van der Waals surface area contributed by atoms with Gasteiger partial charge >= 0.3 is 11.8 Å². The summed E-state index contributed by atoms with van der Waals surface area (Å²) in [7, 11) is 1.71. The molecule has 0 aromatic heterocycles. The Morgan fingerprint density at radius 1 is 1.27 bits per heavy atom. The van der Waals surface area contributed by atoms with Crippen LogP contribution in [0.5, 0.6) is 0 Å². The molecule has 1 atom stereocenters. The Bertz CT molecular complexity index is 329. The maximum absolute atomic E-state index is 11.7. The van der Waals surface area contributed by atoms with Crippen LogP contribution in [0.2, 0.25) is 0 Å². The van der Waals surface area contributed by atoms with E-state index in [1.165, 1.54) is 4.90 Å². The van der Waals surface area contributed by atoms with Crippen LogP contribution in [0.1, 0.15) is 6.42 Å². The van der Waals surface area contributed by atoms with E-state index in [4.69, 9.17) is 0 Å². The molecule has 0 aromatic rings. The molecule has 82 valence electrons. The molecule has 2 rings (SSSR count). The molecular weight excluding hydrogens is 198 g/mol. The van der Waals surface area contributed by atoms with Crippen molar-refractivity contribution in [3.05, 3.63) is 0 Å². The van der Waals surface area contributed by atoms with E-state index in [0.717, 1.165) is 0 Å². The van der Waals surface area contributed by atoms with Crippen molar-refractivity contribution in [2.45, 2.75) is 12.5 Å². The van der Waals surface area contributed by atoms with Crippen LogP contribution in [0, 0.1) is 0 Å². The Morgan fingerprint density at radius 2 is 2.00 bits per heavy atom. The van der Waals surface area contributed by atoms with E-state index in [2.05, 4.69) is 5.32 Å². The predicted octanol–water partition coefficient (Wildman–Crippen LogP) is -1.82. The maximum Gasteiger partial charge on any atom is 0.312 e. The Labute approximate surface area is 87.2 Å². The molecule has 2 fully saturated rings. The largest absolute Gasteiger partial charge is 0.346 e. The maximum atomic E-state index is 11.7. The second-order valence-corrected chi connectivity index (χ2v) is 3.82. The molecule has 15 heavy (non-hydrogen) atoms. The highest BCUT2D eigenvalue weighted by molar-refractivity contribution is 6.35. The zero-order valence-corrected chi connectivity index (χ0v) is 8.52. The third-order valence-electron chi connectivity index (χ3n) is 2.87. The molecule has 0 spiro atoms. The third-order valence-corrected chi connectivity index (χ3v) is 2.87. The lowest BCUT2D eigenvalue weighted by Crippen LogP contribution is -2.57. The molecule has 6 heteroatoms. The monoisotopic (exact) mass is 211 g/mol. The van der Waals surface area contributed by atoms with Crippen LogP contribution in [0.4, 0.5) is 0 Å². The summed E-state index contributed by atoms with van der Waals surface area (Å²) >= 11 is 0. The lowest BCUT2D eigenvalue weighted by atomic mass is 10.2. The van der Waals surface area contributed by atoms with Gasteiger partial charge in [-0.15, -0.1) is 0 Å². The summed E-state index contributed by atoms with van der Waals surface area (Å²) in [6.07, 6.45) is 0.619. The highest BCUT2D eigenvalue weighted by atomic mass is 16.2. The van der Waals surface area contributed by atoms with Crippen LogP contribution in [-0.2, 0) is 14.4 Å². The molecule has 0 bridgehead atoms. The number of rotatable bonds is 1. The molecule has 2 heterocycles. The quantitative estimate of drug-likeness (QED) is 0.519. The number of carbonyl (C=O) groups is 3. The van der Waals surface area contributed by atoms with E-state index in [1.807, 2.05) is 0 Å². The SMILES string of the molecule is CN1CCC(N2CCNC(=O)C2=O)C1=O. The number of carbonyl (C=O) groups excluding carboxylic acids is 3. The van der Waals surface area contributed by atoms with Crippen molar-refractivity contribution in [1.29, 1.82) is 0 Å². The average molecular weight is 211 g/mol. The number of hydrogen-bond donors (Lipinski definition) is 1. The average Bonchev–Trinajstić information content (AvgIpc) is 2.53. The fourth-order valence-electron chi connectivity index (χ4n) is 1.99. The van der Waals surface area contributed by atoms with E-state index >= 15 is 0 Å². The Hall–Kier alpha value is -1.59. The second kappa shape index (κ2) is 3.52. The molecule has 3 amide bonds. The van der Waals surface area contributed by atoms with Crippen LogP contribution in [0.3, 0.4) is 0 Å². The summed E-state index contributed by atoms with van der Waals surface area (Å²) in [6.45, 7) is 1.50. The van der Waals surface area contributed by atoms with Crippen molar-refractivity contribution < 1.29 is 14.4 Å². The van der Waals surface area contributed by atoms with Crippen LogP contribution < -0.4 is 5.32 Å². The molecule has 0 aromatic carbocycles. The van der Waals surface area contributed by atoms with Gasteiger partial charge < -0.3 is 15.1 Å². The first-order chi connectivity index (χ1) is 7.11. The van der Waals surface area contributed by atoms with E-state index < -0.39 is 17.9 Å². The van der Waals surface area contributed by atoms with Gasteiger partial charge in [0.05, 0.1) is 0 Å². The van der Waals surface area contributed by atoms with Gasteiger partial charge in [-0.05, 0) is 6.42 Å². The van der Waals surface area contributed by atoms with Gasteiger partial charge in [0.15, 0.2) is 0 Å². The van der Waals surface area contributed by atoms with Crippen molar-refractivity contribution >= 4 is 17.7 Å². The smallest absolute Gasteiger partial charge is 0.312 e. The number of piperazine rings is 1. The van der Waals surface area contributed by atoms with E-state index in [1.54, 1.807) is 11.9 Å². The molecule has 1 unspecified atom stereocenters. The van der Waals surface area contributed by atoms with Crippen molar-refractivity contribution in [3.63, 3.8) is 0 Å². The Morgan fingerprint density at radius 3 is 2.60 bits per heavy atom. The van der Waals surface area contributed by atoms with Gasteiger partial charge in [-0.1, -0.05) is 0 Å². The summed E-state index contributed by atoms with van der Waals surface area (Å²) in [4.78, 5) is 37.3. The minimum absolute atomic E-state index is 0.0712. The molecule has 0 radical (unpaired) electrons. The fraction of sp³-hybridized carbons (Fsp3) is 0.667. The highest BCUT2D eigenvalue weighted by Crippen LogP contribution is 2.16. The van der Waals surface area contributed by atoms with Crippen LogP contribution in [-0.4, -0.2) is 60.2 Å². The van der Waals surface area contributed by atoms with Gasteiger partial charge in [-0.25, -0.2) is 0 Å². The van der Waals surface area contributed by atoms with Gasteiger partial charge in [0.2, 0.25) is 5.91 Å². The first-order valence-corrected chi connectivity index (χ1v) is 4.95. The highest BCUT2D eigenvalue weighted by Gasteiger charge is 2.39. The first-order valence-electron chi connectivity index (χ1n) is 4.95. The van der Waals surface area contributed by atoms with Crippen LogP contribution in [0.25, 0.3) is 0 Å². The molecule has 2 aliphatic rings. The number of likely N-dealkylation sites (N-methyl/N-ethyl adjacent to an activating group) is 1. The van der Waals surface area contributed by atoms with E-state index in [9.17, 15) is 14.4 Å². The molecule has 1 N–H and O–H groups in total. The van der Waals surface area contributed by atoms with Gasteiger partial charge in [-0.3, -0.25) is 14.4 Å². The summed E-state index contributed by atoms with van der Waals surface area (Å²) in [5.41, 5.74) is 0. The molecule has 0 aliphatic carbocycles. The first kappa shape index (κ1) is 9.95. The lowest BCUT2D eigenvalue weighted by molar-refractivity contribution is -0.152. The molecular formula is C9H13N3O3. The minimum Gasteiger partial charge on any atom is -0.346 e. The molecule has 6 nitrogen and oxygen atoms in total. The van der Waals surface area contributed by atoms with Crippen molar-refractivity contribution in [1.82, 2.24) is 15.1 Å². The number of nitrogens with one attached hydrogen (secondary N) is 1. The number of amides is 3. The van der Waals surface area contributed by atoms with Crippen LogP contribution in [0.15, 0.2) is 0 Å². The summed E-state index contributed by atoms with van der Waals surface area (Å²) < 4.78 is 0. The number of nitrogens with zero attached hydrogens (tertiary/aromatic N) is 2. The normalized spacial score (nSPS) is 27.3. The van der Waals surface area contributed by atoms with Crippen molar-refractivity contribution in [3.8, 4) is 0 Å². The van der Waals surface area contributed by atoms with E-state index in [0.29, 0.717) is 26.1 Å². The summed E-state index contributed by atoms with van der Waals surface area (Å²) in [5, 5.41) is 2.46. The molecule has 2 aliphatic heterocycles.